The molecule has 12 nitrogen and oxygen atoms in total. The molecule has 5 atom stereocenters. The number of halogens is 2. The van der Waals surface area contributed by atoms with E-state index >= 15 is 4.39 Å². The van der Waals surface area contributed by atoms with Crippen LogP contribution in [0.25, 0.3) is 0 Å². The fourth-order valence-electron chi connectivity index (χ4n) is 3.91. The molecule has 2 aromatic rings. The topological polar surface area (TPSA) is 175 Å². The molecule has 15 heteroatoms. The lowest BCUT2D eigenvalue weighted by molar-refractivity contribution is -0.368. The summed E-state index contributed by atoms with van der Waals surface area (Å²) in [5.74, 6) is -8.86. The highest BCUT2D eigenvalue weighted by molar-refractivity contribution is 9.10. The van der Waals surface area contributed by atoms with Gasteiger partial charge in [-0.2, -0.15) is 4.39 Å². The summed E-state index contributed by atoms with van der Waals surface area (Å²) in [4.78, 5) is 50.4. The van der Waals surface area contributed by atoms with E-state index in [0.29, 0.717) is 9.04 Å². The van der Waals surface area contributed by atoms with Crippen LogP contribution in [0.1, 0.15) is 27.2 Å². The van der Waals surface area contributed by atoms with Gasteiger partial charge in [0.1, 0.15) is 5.75 Å². The summed E-state index contributed by atoms with van der Waals surface area (Å²) in [5, 5.41) is 20.4. The Bertz CT molecular complexity index is 1280. The smallest absolute Gasteiger partial charge is 0.344 e. The molecule has 3 rings (SSSR count). The van der Waals surface area contributed by atoms with Crippen LogP contribution in [0.3, 0.4) is 0 Å². The van der Waals surface area contributed by atoms with E-state index in [2.05, 4.69) is 20.7 Å². The molecule has 1 aliphatic heterocycles. The van der Waals surface area contributed by atoms with Gasteiger partial charge in [0.05, 0.1) is 19.1 Å². The second kappa shape index (κ2) is 11.1. The second-order valence-electron chi connectivity index (χ2n) is 8.84. The first-order valence-electron chi connectivity index (χ1n) is 11.1. The van der Waals surface area contributed by atoms with Crippen molar-refractivity contribution in [2.24, 2.45) is 16.6 Å². The highest BCUT2D eigenvalue weighted by atomic mass is 79.9. The van der Waals surface area contributed by atoms with Crippen molar-refractivity contribution in [3.05, 3.63) is 61.8 Å². The number of ether oxygens (including phenoxy) is 2. The van der Waals surface area contributed by atoms with Gasteiger partial charge in [0, 0.05) is 30.1 Å². The Morgan fingerprint density at radius 2 is 2.03 bits per heavy atom. The Hall–Kier alpha value is -2.48. The number of aliphatic hydroxyl groups is 1. The van der Waals surface area contributed by atoms with Crippen LogP contribution in [0.2, 0.25) is 0 Å². The molecule has 1 unspecified atom stereocenters. The fraction of sp³-hybridized carbons (Fsp3) is 0.500. The largest absolute Gasteiger partial charge is 0.583 e. The second-order valence-corrected chi connectivity index (χ2v) is 10.7. The number of carboxylic acid groups (broad SMARTS) is 1. The predicted octanol–water partition coefficient (Wildman–Crippen LogP) is 2.05. The Balaban J connectivity index is 2.07. The van der Waals surface area contributed by atoms with E-state index in [9.17, 15) is 29.5 Å². The lowest BCUT2D eigenvalue weighted by Gasteiger charge is -2.43. The molecular weight excluding hydrogens is 580 g/mol. The molecule has 2 heterocycles. The quantitative estimate of drug-likeness (QED) is 0.270. The fourth-order valence-corrected chi connectivity index (χ4v) is 4.96. The minimum atomic E-state index is -3.38. The van der Waals surface area contributed by atoms with Crippen molar-refractivity contribution in [1.82, 2.24) is 9.55 Å². The Labute approximate surface area is 219 Å². The summed E-state index contributed by atoms with van der Waals surface area (Å²) < 4.78 is 38.2. The van der Waals surface area contributed by atoms with E-state index in [-0.39, 0.29) is 24.7 Å². The van der Waals surface area contributed by atoms with Gasteiger partial charge in [-0.25, -0.2) is 4.79 Å². The summed E-state index contributed by atoms with van der Waals surface area (Å²) in [7, 11) is -3.15. The lowest BCUT2D eigenvalue weighted by Crippen LogP contribution is -2.67. The molecule has 0 radical (unpaired) electrons. The average molecular weight is 606 g/mol. The maximum Gasteiger partial charge on any atom is 0.344 e. The number of alkyl halides is 1. The standard InChI is InChI=1S/C22H26BrFN3O9P/c1-13(2)16(18(29)30)12-25-37(33)36-20(3,32)22(24)21(9-11-34-22,27-10-8-17(28)26-19(27)31)35-15-6-4-14(23)5-7-15/h4-8,10,13,16,32H,9,11-12H2,1-3H3,(H,29,30)(H,26,28,31)/t16-,20+,21+,22+/m1/s1. The van der Waals surface area contributed by atoms with Crippen molar-refractivity contribution >= 4 is 30.1 Å². The van der Waals surface area contributed by atoms with Gasteiger partial charge >= 0.3 is 25.7 Å². The molecule has 1 fully saturated rings. The Kier molecular flexibility index (Phi) is 8.72. The summed E-state index contributed by atoms with van der Waals surface area (Å²) in [6, 6.07) is 7.06. The molecule has 37 heavy (non-hydrogen) atoms. The van der Waals surface area contributed by atoms with Crippen molar-refractivity contribution in [1.29, 1.82) is 0 Å². The van der Waals surface area contributed by atoms with Gasteiger partial charge in [-0.05, 0) is 30.2 Å². The first-order chi connectivity index (χ1) is 17.2. The number of carboxylic acids is 1. The summed E-state index contributed by atoms with van der Waals surface area (Å²) in [6.45, 7) is 3.29. The van der Waals surface area contributed by atoms with Gasteiger partial charge in [-0.3, -0.25) is 19.1 Å². The van der Waals surface area contributed by atoms with Crippen LogP contribution in [0.4, 0.5) is 4.39 Å². The van der Waals surface area contributed by atoms with E-state index in [1.54, 1.807) is 26.0 Å². The molecule has 1 aromatic carbocycles. The number of hydrogen-bond acceptors (Lipinski definition) is 9. The molecule has 0 bridgehead atoms. The number of aromatic amines is 1. The zero-order valence-electron chi connectivity index (χ0n) is 20.1. The molecule has 3 N–H and O–H groups in total. The van der Waals surface area contributed by atoms with E-state index < -0.39 is 55.2 Å². The zero-order valence-corrected chi connectivity index (χ0v) is 22.6. The van der Waals surface area contributed by atoms with Gasteiger partial charge in [0.15, 0.2) is 0 Å². The molecule has 0 saturated carbocycles. The number of H-pyrrole nitrogens is 1. The van der Waals surface area contributed by atoms with Gasteiger partial charge in [0.25, 0.3) is 17.1 Å². The van der Waals surface area contributed by atoms with Crippen molar-refractivity contribution in [3.8, 4) is 5.75 Å². The third-order valence-electron chi connectivity index (χ3n) is 5.93. The summed E-state index contributed by atoms with van der Waals surface area (Å²) in [5.41, 5.74) is -4.27. The maximum absolute atomic E-state index is 16.9. The molecule has 1 aromatic heterocycles. The molecule has 0 amide bonds. The molecule has 1 saturated heterocycles. The van der Waals surface area contributed by atoms with E-state index in [0.717, 1.165) is 19.2 Å². The van der Waals surface area contributed by atoms with Crippen LogP contribution in [0.5, 0.6) is 5.75 Å². The maximum atomic E-state index is 16.9. The first-order valence-corrected chi connectivity index (χ1v) is 13.0. The van der Waals surface area contributed by atoms with Crippen LogP contribution < -0.4 is 20.9 Å². The van der Waals surface area contributed by atoms with Crippen LogP contribution >= 0.6 is 24.1 Å². The predicted molar refractivity (Wildman–Crippen MR) is 130 cm³/mol. The van der Waals surface area contributed by atoms with Gasteiger partial charge in [-0.1, -0.05) is 34.5 Å². The van der Waals surface area contributed by atoms with Crippen LogP contribution in [0.15, 0.2) is 55.3 Å². The third-order valence-corrected chi connectivity index (χ3v) is 7.36. The number of nitrogens with one attached hydrogen (secondary N) is 1. The van der Waals surface area contributed by atoms with Crippen LogP contribution in [0, 0.1) is 11.8 Å². The normalized spacial score (nSPS) is 24.6. The number of aliphatic carboxylic acids is 1. The minimum Gasteiger partial charge on any atom is -0.583 e. The number of benzene rings is 1. The number of carbonyl (C=O) groups is 1. The number of rotatable bonds is 10. The minimum absolute atomic E-state index is 0.0694. The average Bonchev–Trinajstić information content (AvgIpc) is 3.13. The zero-order chi connectivity index (χ0) is 27.6. The van der Waals surface area contributed by atoms with Crippen LogP contribution in [-0.2, 0) is 19.8 Å². The highest BCUT2D eigenvalue weighted by Crippen LogP contribution is 2.52. The monoisotopic (exact) mass is 605 g/mol. The van der Waals surface area contributed by atoms with E-state index in [4.69, 9.17) is 14.0 Å². The Morgan fingerprint density at radius 3 is 2.59 bits per heavy atom. The molecule has 0 spiro atoms. The van der Waals surface area contributed by atoms with Crippen molar-refractivity contribution in [2.75, 3.05) is 13.2 Å². The Morgan fingerprint density at radius 1 is 1.38 bits per heavy atom. The lowest BCUT2D eigenvalue weighted by atomic mass is 9.95. The summed E-state index contributed by atoms with van der Waals surface area (Å²) >= 11 is 3.27. The molecular formula is C22H26BrFN3O9P. The van der Waals surface area contributed by atoms with Crippen molar-refractivity contribution in [2.45, 2.75) is 44.6 Å². The molecule has 0 aliphatic carbocycles. The number of aromatic nitrogens is 2. The first kappa shape index (κ1) is 29.1. The SMILES string of the molecule is CC(C)[C@@H](CN=[P+]([O-])O[C@](C)(O)[C@]1(F)OCC[C@@]1(Oc1ccc(Br)cc1)n1ccc(=O)[nH]c1=O)C(=O)O. The van der Waals surface area contributed by atoms with Gasteiger partial charge < -0.3 is 24.6 Å². The van der Waals surface area contributed by atoms with Gasteiger partial charge in [0.2, 0.25) is 0 Å². The number of hydrogen-bond donors (Lipinski definition) is 3. The highest BCUT2D eigenvalue weighted by Gasteiger charge is 2.73. The van der Waals surface area contributed by atoms with E-state index in [1.807, 2.05) is 4.98 Å². The molecule has 202 valence electrons. The summed E-state index contributed by atoms with van der Waals surface area (Å²) in [6.07, 6.45) is 0.636. The van der Waals surface area contributed by atoms with Crippen LogP contribution in [-0.4, -0.2) is 50.5 Å². The third kappa shape index (κ3) is 5.84. The van der Waals surface area contributed by atoms with Crippen molar-refractivity contribution in [3.63, 3.8) is 0 Å². The van der Waals surface area contributed by atoms with E-state index in [1.165, 1.54) is 12.1 Å². The van der Waals surface area contributed by atoms with Crippen molar-refractivity contribution < 1.29 is 38.3 Å². The van der Waals surface area contributed by atoms with Gasteiger partial charge in [-0.15, -0.1) is 4.52 Å². The number of nitrogens with zero attached hydrogens (tertiary/aromatic N) is 2. The molecule has 1 aliphatic rings.